The first-order valence-electron chi connectivity index (χ1n) is 13.6. The molecule has 13 heteroatoms. The summed E-state index contributed by atoms with van der Waals surface area (Å²) in [7, 11) is 0. The van der Waals surface area contributed by atoms with Crippen molar-refractivity contribution in [2.24, 2.45) is 0 Å². The summed E-state index contributed by atoms with van der Waals surface area (Å²) in [5.74, 6) is -2.11. The van der Waals surface area contributed by atoms with Gasteiger partial charge in [-0.2, -0.15) is 18.4 Å². The van der Waals surface area contributed by atoms with Crippen molar-refractivity contribution in [1.29, 1.82) is 0 Å². The smallest absolute Gasteiger partial charge is 0.328 e. The number of H-pyrrole nitrogens is 1. The van der Waals surface area contributed by atoms with Crippen molar-refractivity contribution in [3.63, 3.8) is 0 Å². The Labute approximate surface area is 243 Å². The van der Waals surface area contributed by atoms with Crippen LogP contribution in [0.4, 0.5) is 26.3 Å². The predicted octanol–water partition coefficient (Wildman–Crippen LogP) is 5.45. The third-order valence-electron chi connectivity index (χ3n) is 7.72. The molecule has 0 radical (unpaired) electrons. The van der Waals surface area contributed by atoms with Gasteiger partial charge in [-0.25, -0.2) is 13.2 Å². The van der Waals surface area contributed by atoms with Crippen molar-refractivity contribution < 1.29 is 31.1 Å². The Morgan fingerprint density at radius 1 is 1.02 bits per heavy atom. The molecule has 2 heterocycles. The van der Waals surface area contributed by atoms with Crippen LogP contribution in [0.1, 0.15) is 53.0 Å². The summed E-state index contributed by atoms with van der Waals surface area (Å²) in [6.45, 7) is 0.992. The predicted molar refractivity (Wildman–Crippen MR) is 144 cm³/mol. The fraction of sp³-hybridized carbons (Fsp3) is 0.333. The lowest BCUT2D eigenvalue weighted by molar-refractivity contribution is -0.138. The summed E-state index contributed by atoms with van der Waals surface area (Å²) in [5, 5.41) is 16.6. The van der Waals surface area contributed by atoms with Crippen molar-refractivity contribution in [2.45, 2.75) is 50.1 Å². The second-order valence-electron chi connectivity index (χ2n) is 10.5. The fourth-order valence-electron chi connectivity index (χ4n) is 5.59. The zero-order valence-electron chi connectivity index (χ0n) is 23.0. The standard InChI is InChI=1S/C30H28F6N6O/c1-2-19-10-20(8-9-25(19)33)29(15-18-6-4-3-5-7-18,21-11-22(30(34,35)36)13-23(31)12-21)37-16-27(43)42-17-24(32)14-26(42)28-38-40-41-39-28/h3-13,24,26,37H,2,14-17H2,1H3,(H,38,39,40,41)/t24-,26-,29+/m0/s1. The summed E-state index contributed by atoms with van der Waals surface area (Å²) in [4.78, 5) is 14.9. The number of likely N-dealkylation sites (tertiary alicyclic amines) is 1. The molecular weight excluding hydrogens is 574 g/mol. The Hall–Kier alpha value is -4.26. The molecule has 226 valence electrons. The fourth-order valence-corrected chi connectivity index (χ4v) is 5.59. The third-order valence-corrected chi connectivity index (χ3v) is 7.72. The van der Waals surface area contributed by atoms with E-state index in [2.05, 4.69) is 25.9 Å². The average molecular weight is 603 g/mol. The van der Waals surface area contributed by atoms with Crippen LogP contribution in [0.25, 0.3) is 0 Å². The minimum atomic E-state index is -4.87. The zero-order valence-corrected chi connectivity index (χ0v) is 23.0. The van der Waals surface area contributed by atoms with Gasteiger partial charge in [-0.15, -0.1) is 10.2 Å². The van der Waals surface area contributed by atoms with Crippen LogP contribution in [0.5, 0.6) is 0 Å². The number of hydrogen-bond donors (Lipinski definition) is 2. The van der Waals surface area contributed by atoms with Gasteiger partial charge >= 0.3 is 6.18 Å². The summed E-state index contributed by atoms with van der Waals surface area (Å²) in [5.41, 5.74) is -1.73. The van der Waals surface area contributed by atoms with Gasteiger partial charge in [-0.1, -0.05) is 54.6 Å². The van der Waals surface area contributed by atoms with Crippen molar-refractivity contribution in [3.05, 3.63) is 112 Å². The van der Waals surface area contributed by atoms with E-state index in [-0.39, 0.29) is 42.8 Å². The van der Waals surface area contributed by atoms with Gasteiger partial charge in [0.25, 0.3) is 0 Å². The number of tetrazole rings is 1. The summed E-state index contributed by atoms with van der Waals surface area (Å²) in [6.07, 6.45) is -6.04. The molecule has 1 aliphatic rings. The molecule has 1 amide bonds. The molecule has 0 unspecified atom stereocenters. The van der Waals surface area contributed by atoms with Gasteiger partial charge in [-0.05, 0) is 59.4 Å². The molecule has 1 aliphatic heterocycles. The summed E-state index contributed by atoms with van der Waals surface area (Å²) >= 11 is 0. The van der Waals surface area contributed by atoms with Gasteiger partial charge in [0.05, 0.1) is 30.2 Å². The molecule has 1 saturated heterocycles. The maximum atomic E-state index is 14.9. The molecule has 5 rings (SSSR count). The monoisotopic (exact) mass is 602 g/mol. The summed E-state index contributed by atoms with van der Waals surface area (Å²) < 4.78 is 85.8. The third kappa shape index (κ3) is 6.41. The highest BCUT2D eigenvalue weighted by Crippen LogP contribution is 2.39. The number of alkyl halides is 4. The van der Waals surface area contributed by atoms with Crippen LogP contribution in [-0.2, 0) is 29.4 Å². The Morgan fingerprint density at radius 2 is 1.77 bits per heavy atom. The van der Waals surface area contributed by atoms with Crippen LogP contribution < -0.4 is 5.32 Å². The minimum Gasteiger partial charge on any atom is -0.328 e. The molecule has 2 N–H and O–H groups in total. The van der Waals surface area contributed by atoms with Crippen LogP contribution in [0.3, 0.4) is 0 Å². The van der Waals surface area contributed by atoms with E-state index in [1.807, 2.05) is 0 Å². The minimum absolute atomic E-state index is 0.0311. The van der Waals surface area contributed by atoms with Crippen molar-refractivity contribution in [2.75, 3.05) is 13.1 Å². The highest BCUT2D eigenvalue weighted by molar-refractivity contribution is 5.79. The Balaban J connectivity index is 1.64. The number of hydrogen-bond acceptors (Lipinski definition) is 5. The molecule has 1 aromatic heterocycles. The number of benzene rings is 3. The number of carbonyl (C=O) groups is 1. The molecule has 3 aromatic carbocycles. The van der Waals surface area contributed by atoms with Gasteiger partial charge in [0.15, 0.2) is 5.82 Å². The number of rotatable bonds is 9. The molecule has 0 aliphatic carbocycles. The highest BCUT2D eigenvalue weighted by atomic mass is 19.4. The number of aryl methyl sites for hydroxylation is 1. The van der Waals surface area contributed by atoms with Gasteiger partial charge < -0.3 is 4.90 Å². The first-order chi connectivity index (χ1) is 20.5. The number of aromatic amines is 1. The largest absolute Gasteiger partial charge is 0.416 e. The van der Waals surface area contributed by atoms with Crippen LogP contribution in [0, 0.1) is 11.6 Å². The van der Waals surface area contributed by atoms with E-state index < -0.39 is 53.6 Å². The number of aromatic nitrogens is 4. The molecular formula is C30H28F6N6O. The van der Waals surface area contributed by atoms with E-state index in [0.29, 0.717) is 17.2 Å². The number of amides is 1. The quantitative estimate of drug-likeness (QED) is 0.249. The molecule has 0 bridgehead atoms. The second kappa shape index (κ2) is 12.2. The van der Waals surface area contributed by atoms with Crippen molar-refractivity contribution in [1.82, 2.24) is 30.8 Å². The lowest BCUT2D eigenvalue weighted by Crippen LogP contribution is -2.50. The molecule has 7 nitrogen and oxygen atoms in total. The average Bonchev–Trinajstić information content (AvgIpc) is 3.65. The van der Waals surface area contributed by atoms with Crippen LogP contribution in [0.15, 0.2) is 66.7 Å². The molecule has 43 heavy (non-hydrogen) atoms. The van der Waals surface area contributed by atoms with E-state index in [4.69, 9.17) is 0 Å². The summed E-state index contributed by atoms with van der Waals surface area (Å²) in [6, 6.07) is 14.2. The lowest BCUT2D eigenvalue weighted by Gasteiger charge is -2.38. The lowest BCUT2D eigenvalue weighted by atomic mass is 9.76. The van der Waals surface area contributed by atoms with Crippen LogP contribution in [0.2, 0.25) is 0 Å². The molecule has 1 fully saturated rings. The Morgan fingerprint density at radius 3 is 2.44 bits per heavy atom. The number of nitrogens with one attached hydrogen (secondary N) is 2. The number of nitrogens with zero attached hydrogens (tertiary/aromatic N) is 4. The first kappa shape index (κ1) is 30.2. The van der Waals surface area contributed by atoms with Gasteiger partial charge in [0.1, 0.15) is 17.8 Å². The van der Waals surface area contributed by atoms with Gasteiger partial charge in [0.2, 0.25) is 5.91 Å². The highest BCUT2D eigenvalue weighted by Gasteiger charge is 2.42. The molecule has 4 aromatic rings. The van der Waals surface area contributed by atoms with E-state index in [1.54, 1.807) is 37.3 Å². The van der Waals surface area contributed by atoms with Crippen LogP contribution in [-0.4, -0.2) is 50.7 Å². The number of halogens is 6. The number of carbonyl (C=O) groups excluding carboxylic acids is 1. The molecule has 0 saturated carbocycles. The van der Waals surface area contributed by atoms with Gasteiger partial charge in [0, 0.05) is 6.42 Å². The van der Waals surface area contributed by atoms with E-state index in [1.165, 1.54) is 23.1 Å². The topological polar surface area (TPSA) is 86.8 Å². The van der Waals surface area contributed by atoms with Crippen LogP contribution >= 0.6 is 0 Å². The normalized spacial score (nSPS) is 18.5. The van der Waals surface area contributed by atoms with Crippen molar-refractivity contribution >= 4 is 5.91 Å². The molecule has 3 atom stereocenters. The van der Waals surface area contributed by atoms with E-state index in [0.717, 1.165) is 12.1 Å². The first-order valence-corrected chi connectivity index (χ1v) is 13.6. The zero-order chi connectivity index (χ0) is 30.8. The maximum absolute atomic E-state index is 14.9. The van der Waals surface area contributed by atoms with E-state index >= 15 is 0 Å². The van der Waals surface area contributed by atoms with E-state index in [9.17, 15) is 31.1 Å². The van der Waals surface area contributed by atoms with Gasteiger partial charge in [-0.3, -0.25) is 10.1 Å². The maximum Gasteiger partial charge on any atom is 0.416 e. The van der Waals surface area contributed by atoms with Crippen molar-refractivity contribution in [3.8, 4) is 0 Å². The SMILES string of the molecule is CCc1cc([C@@](Cc2ccccc2)(NCC(=O)N2C[C@@H](F)C[C@H]2c2nn[nH]n2)c2cc(F)cc(C(F)(F)F)c2)ccc1F. The Bertz CT molecular complexity index is 1570. The second-order valence-corrected chi connectivity index (χ2v) is 10.5. The molecule has 0 spiro atoms. The Kier molecular flexibility index (Phi) is 8.54.